The van der Waals surface area contributed by atoms with Gasteiger partial charge in [0.1, 0.15) is 27.9 Å². The van der Waals surface area contributed by atoms with Crippen LogP contribution in [0.2, 0.25) is 0 Å². The molecule has 19 heteroatoms. The van der Waals surface area contributed by atoms with Gasteiger partial charge in [-0.1, -0.05) is 32.9 Å². The first-order valence-corrected chi connectivity index (χ1v) is 19.0. The minimum absolute atomic E-state index is 0.00598. The van der Waals surface area contributed by atoms with E-state index in [2.05, 4.69) is 32.0 Å². The van der Waals surface area contributed by atoms with E-state index in [0.29, 0.717) is 12.2 Å². The maximum absolute atomic E-state index is 15.9. The molecule has 4 aromatic rings. The number of nitriles is 1. The van der Waals surface area contributed by atoms with E-state index < -0.39 is 53.9 Å². The number of benzene rings is 3. The van der Waals surface area contributed by atoms with Gasteiger partial charge in [-0.2, -0.15) is 27.2 Å². The molecule has 1 aromatic heterocycles. The molecule has 2 amide bonds. The number of amides is 2. The third kappa shape index (κ3) is 10.1. The summed E-state index contributed by atoms with van der Waals surface area (Å²) < 4.78 is 81.5. The summed E-state index contributed by atoms with van der Waals surface area (Å²) in [4.78, 5) is 26.3. The first-order chi connectivity index (χ1) is 24.7. The van der Waals surface area contributed by atoms with Crippen LogP contribution in [0.15, 0.2) is 75.8 Å². The molecule has 0 aliphatic heterocycles. The lowest BCUT2D eigenvalue weighted by molar-refractivity contribution is -0.114. The Hall–Kier alpha value is -5.55. The Bertz CT molecular complexity index is 2350. The fourth-order valence-electron chi connectivity index (χ4n) is 5.24. The van der Waals surface area contributed by atoms with Crippen molar-refractivity contribution in [1.82, 2.24) is 9.78 Å². The lowest BCUT2D eigenvalue weighted by Gasteiger charge is -2.24. The normalized spacial score (nSPS) is 12.1. The van der Waals surface area contributed by atoms with E-state index in [9.17, 15) is 36.2 Å². The second-order valence-corrected chi connectivity index (χ2v) is 15.7. The van der Waals surface area contributed by atoms with Crippen molar-refractivity contribution in [2.75, 3.05) is 34.4 Å². The number of hydrogen-bond donors (Lipinski definition) is 4. The largest absolute Gasteiger partial charge is 0.372 e. The Kier molecular flexibility index (Phi) is 12.1. The molecule has 0 atom stereocenters. The monoisotopic (exact) mass is 768 g/mol. The van der Waals surface area contributed by atoms with Crippen LogP contribution in [0, 0.1) is 17.1 Å². The summed E-state index contributed by atoms with van der Waals surface area (Å²) in [5, 5.41) is 28.4. The fourth-order valence-corrected chi connectivity index (χ4v) is 6.42. The molecular formula is C34H37FN8O8S2. The number of carbonyl (C=O) groups excluding carboxylic acids is 2. The Morgan fingerprint density at radius 2 is 1.72 bits per heavy atom. The lowest BCUT2D eigenvalue weighted by Crippen LogP contribution is -2.25. The highest BCUT2D eigenvalue weighted by molar-refractivity contribution is 7.86. The van der Waals surface area contributed by atoms with E-state index >= 15 is 4.39 Å². The van der Waals surface area contributed by atoms with Crippen molar-refractivity contribution in [3.05, 3.63) is 83.3 Å². The summed E-state index contributed by atoms with van der Waals surface area (Å²) >= 11 is 0. The van der Waals surface area contributed by atoms with Gasteiger partial charge in [0.05, 0.1) is 22.7 Å². The maximum atomic E-state index is 15.9. The second kappa shape index (κ2) is 16.0. The van der Waals surface area contributed by atoms with E-state index in [1.165, 1.54) is 37.3 Å². The summed E-state index contributed by atoms with van der Waals surface area (Å²) in [6, 6.07) is 15.4. The fraction of sp³-hybridized carbons (Fsp3) is 0.294. The Morgan fingerprint density at radius 1 is 1.02 bits per heavy atom. The Balaban J connectivity index is 1.75. The molecule has 4 N–H and O–H groups in total. The zero-order chi connectivity index (χ0) is 39.3. The smallest absolute Gasteiger partial charge is 0.295 e. The molecule has 0 spiro atoms. The minimum Gasteiger partial charge on any atom is -0.372 e. The molecule has 53 heavy (non-hydrogen) atoms. The van der Waals surface area contributed by atoms with Crippen LogP contribution in [-0.2, 0) is 30.4 Å². The van der Waals surface area contributed by atoms with Gasteiger partial charge < -0.3 is 15.5 Å². The van der Waals surface area contributed by atoms with Crippen molar-refractivity contribution in [3.63, 3.8) is 0 Å². The third-order valence-corrected chi connectivity index (χ3v) is 9.36. The molecule has 0 aliphatic rings. The molecule has 0 bridgehead atoms. The molecule has 0 fully saturated rings. The first kappa shape index (κ1) is 40.2. The van der Waals surface area contributed by atoms with Crippen molar-refractivity contribution >= 4 is 60.6 Å². The van der Waals surface area contributed by atoms with Crippen molar-refractivity contribution in [1.29, 1.82) is 5.26 Å². The summed E-state index contributed by atoms with van der Waals surface area (Å²) in [6.45, 7) is 9.27. The summed E-state index contributed by atoms with van der Waals surface area (Å²) in [6.07, 6.45) is 0.145. The molecule has 0 saturated carbocycles. The van der Waals surface area contributed by atoms with E-state index in [1.54, 1.807) is 39.0 Å². The van der Waals surface area contributed by atoms with Crippen LogP contribution in [0.5, 0.6) is 0 Å². The third-order valence-electron chi connectivity index (χ3n) is 7.65. The molecular weight excluding hydrogens is 732 g/mol. The quantitative estimate of drug-likeness (QED) is 0.0888. The van der Waals surface area contributed by atoms with E-state index in [-0.39, 0.29) is 58.4 Å². The number of hydrogen-bond acceptors (Lipinski definition) is 11. The van der Waals surface area contributed by atoms with Gasteiger partial charge in [-0.15, -0.1) is 10.2 Å². The van der Waals surface area contributed by atoms with Gasteiger partial charge in [0, 0.05) is 36.8 Å². The molecule has 0 saturated heterocycles. The van der Waals surface area contributed by atoms with Gasteiger partial charge in [-0.3, -0.25) is 18.7 Å². The maximum Gasteiger partial charge on any atom is 0.295 e. The number of aromatic nitrogens is 2. The van der Waals surface area contributed by atoms with Crippen LogP contribution < -0.4 is 15.5 Å². The van der Waals surface area contributed by atoms with Crippen molar-refractivity contribution in [2.45, 2.75) is 51.3 Å². The molecule has 0 unspecified atom stereocenters. The van der Waals surface area contributed by atoms with Gasteiger partial charge in [-0.05, 0) is 61.9 Å². The number of carbonyl (C=O) groups is 2. The zero-order valence-electron chi connectivity index (χ0n) is 29.3. The van der Waals surface area contributed by atoms with Gasteiger partial charge in [-0.25, -0.2) is 9.07 Å². The van der Waals surface area contributed by atoms with Gasteiger partial charge in [0.15, 0.2) is 11.6 Å². The molecule has 1 heterocycles. The highest BCUT2D eigenvalue weighted by Crippen LogP contribution is 2.37. The average molecular weight is 769 g/mol. The van der Waals surface area contributed by atoms with Crippen molar-refractivity contribution in [3.8, 4) is 11.8 Å². The molecule has 280 valence electrons. The van der Waals surface area contributed by atoms with Crippen LogP contribution in [0.1, 0.15) is 62.7 Å². The van der Waals surface area contributed by atoms with Crippen LogP contribution >= 0.6 is 0 Å². The van der Waals surface area contributed by atoms with Crippen LogP contribution in [0.25, 0.3) is 5.69 Å². The summed E-state index contributed by atoms with van der Waals surface area (Å²) in [5.41, 5.74) is -0.0523. The second-order valence-electron chi connectivity index (χ2n) is 12.7. The van der Waals surface area contributed by atoms with E-state index in [4.69, 9.17) is 4.55 Å². The lowest BCUT2D eigenvalue weighted by atomic mass is 9.90. The molecule has 0 radical (unpaired) electrons. The topological polar surface area (TPSA) is 237 Å². The summed E-state index contributed by atoms with van der Waals surface area (Å²) in [7, 11) is -8.88. The molecule has 3 aromatic carbocycles. The molecule has 16 nitrogen and oxygen atoms in total. The standard InChI is InChI=1S/C34H37FN8O8S2/c1-6-42(16-9-17-52(46,47)48)23-13-14-27(28(19-23)37-21(2)44)39-40-32-25(20-36)31(34(3,4)5)41-43(32)29-15-12-22(18-26(29)35)38-33(45)24-10-7-8-11-30(24)53(49,50)51/h7-8,10-15,18-19H,6,9,16-17H2,1-5H3,(H,37,44)(H,38,45)(H,46,47,48)(H,49,50,51). The number of anilines is 3. The summed E-state index contributed by atoms with van der Waals surface area (Å²) in [5.74, 6) is -2.84. The minimum atomic E-state index is -4.73. The SMILES string of the molecule is CCN(CCCS(=O)(=O)O)c1ccc(N=Nc2c(C#N)c(C(C)(C)C)nn2-c2ccc(NC(=O)c3ccccc3S(=O)(=O)O)cc2F)c(NC(C)=O)c1. The Labute approximate surface area is 305 Å². The number of rotatable bonds is 13. The highest BCUT2D eigenvalue weighted by Gasteiger charge is 2.29. The highest BCUT2D eigenvalue weighted by atomic mass is 32.2. The van der Waals surface area contributed by atoms with E-state index in [0.717, 1.165) is 16.8 Å². The van der Waals surface area contributed by atoms with Crippen molar-refractivity contribution in [2.24, 2.45) is 10.2 Å². The van der Waals surface area contributed by atoms with Crippen LogP contribution in [0.4, 0.5) is 33.0 Å². The average Bonchev–Trinajstić information content (AvgIpc) is 3.44. The number of nitrogens with zero attached hydrogens (tertiary/aromatic N) is 6. The number of halogens is 1. The molecule has 0 aliphatic carbocycles. The molecule has 4 rings (SSSR count). The first-order valence-electron chi connectivity index (χ1n) is 16.0. The Morgan fingerprint density at radius 3 is 2.30 bits per heavy atom. The van der Waals surface area contributed by atoms with Crippen LogP contribution in [-0.4, -0.2) is 66.4 Å². The van der Waals surface area contributed by atoms with Crippen molar-refractivity contribution < 1.29 is 39.9 Å². The predicted octanol–water partition coefficient (Wildman–Crippen LogP) is 6.16. The van der Waals surface area contributed by atoms with Gasteiger partial charge >= 0.3 is 0 Å². The predicted molar refractivity (Wildman–Crippen MR) is 195 cm³/mol. The zero-order valence-corrected chi connectivity index (χ0v) is 31.0. The number of nitrogens with one attached hydrogen (secondary N) is 2. The number of azo groups is 1. The van der Waals surface area contributed by atoms with E-state index in [1.807, 2.05) is 11.8 Å². The van der Waals surface area contributed by atoms with Gasteiger partial charge in [0.2, 0.25) is 5.91 Å². The van der Waals surface area contributed by atoms with Gasteiger partial charge in [0.25, 0.3) is 26.1 Å². The van der Waals surface area contributed by atoms with Crippen LogP contribution in [0.3, 0.4) is 0 Å².